The zero-order valence-corrected chi connectivity index (χ0v) is 10.1. The number of methoxy groups -OCH3 is 1. The minimum atomic E-state index is -0.298. The Morgan fingerprint density at radius 1 is 1.75 bits per heavy atom. The number of hydrogen-bond acceptors (Lipinski definition) is 4. The molecule has 0 aliphatic carbocycles. The molecule has 1 heterocycles. The molecule has 90 valence electrons. The molecular weight excluding hydrogens is 232 g/mol. The van der Waals surface area contributed by atoms with Gasteiger partial charge in [0.2, 0.25) is 5.76 Å². The van der Waals surface area contributed by atoms with Gasteiger partial charge in [-0.2, -0.15) is 0 Å². The van der Waals surface area contributed by atoms with Crippen LogP contribution in [0.2, 0.25) is 0 Å². The molecule has 0 spiro atoms. The van der Waals surface area contributed by atoms with Crippen LogP contribution < -0.4 is 5.32 Å². The average Bonchev–Trinajstić information content (AvgIpc) is 2.65. The van der Waals surface area contributed by atoms with Crippen molar-refractivity contribution >= 4 is 17.5 Å². The lowest BCUT2D eigenvalue weighted by Crippen LogP contribution is -2.38. The summed E-state index contributed by atoms with van der Waals surface area (Å²) in [6.07, 6.45) is 0.647. The van der Waals surface area contributed by atoms with E-state index in [0.717, 1.165) is 0 Å². The molecule has 0 aliphatic heterocycles. The maximum absolute atomic E-state index is 11.7. The Balaban J connectivity index is 2.54. The van der Waals surface area contributed by atoms with Crippen molar-refractivity contribution in [3.63, 3.8) is 0 Å². The van der Waals surface area contributed by atoms with Crippen LogP contribution in [0.5, 0.6) is 0 Å². The zero-order valence-electron chi connectivity index (χ0n) is 9.33. The van der Waals surface area contributed by atoms with Crippen LogP contribution in [0.3, 0.4) is 0 Å². The maximum Gasteiger partial charge on any atom is 0.290 e. The molecule has 1 N–H and O–H groups in total. The van der Waals surface area contributed by atoms with Crippen molar-refractivity contribution in [1.29, 1.82) is 0 Å². The molecule has 0 radical (unpaired) electrons. The summed E-state index contributed by atoms with van der Waals surface area (Å²) in [6.45, 7) is 2.18. The van der Waals surface area contributed by atoms with Crippen LogP contribution in [0.4, 0.5) is 0 Å². The van der Waals surface area contributed by atoms with E-state index in [1.54, 1.807) is 20.1 Å². The van der Waals surface area contributed by atoms with Crippen molar-refractivity contribution in [3.05, 3.63) is 17.5 Å². The first-order valence-corrected chi connectivity index (χ1v) is 5.50. The summed E-state index contributed by atoms with van der Waals surface area (Å²) >= 11 is 5.62. The van der Waals surface area contributed by atoms with E-state index in [1.807, 2.05) is 0 Å². The monoisotopic (exact) mass is 246 g/mol. The summed E-state index contributed by atoms with van der Waals surface area (Å²) in [5.41, 5.74) is 0.672. The second kappa shape index (κ2) is 6.50. The van der Waals surface area contributed by atoms with Gasteiger partial charge in [0.05, 0.1) is 18.3 Å². The van der Waals surface area contributed by atoms with E-state index in [0.29, 0.717) is 24.6 Å². The predicted octanol–water partition coefficient (Wildman–Crippen LogP) is 1.36. The Hall–Kier alpha value is -1.07. The van der Waals surface area contributed by atoms with E-state index in [1.165, 1.54) is 0 Å². The fourth-order valence-corrected chi connectivity index (χ4v) is 1.52. The second-order valence-electron chi connectivity index (χ2n) is 3.44. The van der Waals surface area contributed by atoms with Gasteiger partial charge in [-0.15, -0.1) is 11.6 Å². The highest BCUT2D eigenvalue weighted by molar-refractivity contribution is 6.17. The number of carbonyl (C=O) groups excluding carboxylic acids is 1. The van der Waals surface area contributed by atoms with Crippen LogP contribution in [0, 0.1) is 6.92 Å². The Morgan fingerprint density at radius 2 is 2.50 bits per heavy atom. The van der Waals surface area contributed by atoms with E-state index in [9.17, 15) is 4.79 Å². The highest BCUT2D eigenvalue weighted by Crippen LogP contribution is 2.03. The largest absolute Gasteiger partial charge is 0.383 e. The molecule has 1 atom stereocenters. The van der Waals surface area contributed by atoms with Gasteiger partial charge in [0.25, 0.3) is 5.91 Å². The number of nitrogens with zero attached hydrogens (tertiary/aromatic N) is 1. The molecule has 16 heavy (non-hydrogen) atoms. The molecule has 0 aliphatic rings. The summed E-state index contributed by atoms with van der Waals surface area (Å²) in [7, 11) is 1.58. The predicted molar refractivity (Wildman–Crippen MR) is 59.7 cm³/mol. The molecular formula is C10H15ClN2O3. The average molecular weight is 247 g/mol. The Labute approximate surface area is 99.1 Å². The molecule has 0 fully saturated rings. The van der Waals surface area contributed by atoms with Crippen molar-refractivity contribution in [2.45, 2.75) is 19.4 Å². The number of rotatable bonds is 6. The number of hydrogen-bond donors (Lipinski definition) is 1. The Bertz CT molecular complexity index is 335. The molecule has 1 aromatic rings. The van der Waals surface area contributed by atoms with Gasteiger partial charge in [-0.3, -0.25) is 4.79 Å². The van der Waals surface area contributed by atoms with Gasteiger partial charge in [0.15, 0.2) is 0 Å². The summed E-state index contributed by atoms with van der Waals surface area (Å²) in [4.78, 5) is 11.7. The van der Waals surface area contributed by atoms with E-state index < -0.39 is 0 Å². The van der Waals surface area contributed by atoms with E-state index in [4.69, 9.17) is 20.9 Å². The lowest BCUT2D eigenvalue weighted by Gasteiger charge is -2.15. The first-order valence-electron chi connectivity index (χ1n) is 4.96. The van der Waals surface area contributed by atoms with E-state index >= 15 is 0 Å². The van der Waals surface area contributed by atoms with Crippen LogP contribution in [0.15, 0.2) is 10.6 Å². The van der Waals surface area contributed by atoms with Gasteiger partial charge in [0, 0.05) is 19.1 Å². The zero-order chi connectivity index (χ0) is 12.0. The first-order chi connectivity index (χ1) is 7.67. The minimum absolute atomic E-state index is 0.111. The van der Waals surface area contributed by atoms with E-state index in [2.05, 4.69) is 10.5 Å². The summed E-state index contributed by atoms with van der Waals surface area (Å²) in [6, 6.07) is 1.47. The van der Waals surface area contributed by atoms with Gasteiger partial charge in [-0.1, -0.05) is 5.16 Å². The SMILES string of the molecule is COCC(CCCl)NC(=O)c1cc(C)no1. The third-order valence-electron chi connectivity index (χ3n) is 2.01. The van der Waals surface area contributed by atoms with Gasteiger partial charge < -0.3 is 14.6 Å². The minimum Gasteiger partial charge on any atom is -0.383 e. The number of ether oxygens (including phenoxy) is 1. The third kappa shape index (κ3) is 3.83. The summed E-state index contributed by atoms with van der Waals surface area (Å²) < 4.78 is 9.83. The van der Waals surface area contributed by atoms with Crippen molar-refractivity contribution < 1.29 is 14.1 Å². The molecule has 0 bridgehead atoms. The quantitative estimate of drug-likeness (QED) is 0.770. The first kappa shape index (κ1) is 13.0. The van der Waals surface area contributed by atoms with Gasteiger partial charge in [0.1, 0.15) is 0 Å². The molecule has 1 rings (SSSR count). The van der Waals surface area contributed by atoms with Gasteiger partial charge in [-0.25, -0.2) is 0 Å². The molecule has 1 unspecified atom stereocenters. The Kier molecular flexibility index (Phi) is 5.28. The Morgan fingerprint density at radius 3 is 3.00 bits per heavy atom. The molecule has 0 aromatic carbocycles. The number of amides is 1. The van der Waals surface area contributed by atoms with Crippen LogP contribution in [-0.2, 0) is 4.74 Å². The lowest BCUT2D eigenvalue weighted by atomic mass is 10.2. The van der Waals surface area contributed by atoms with Crippen molar-refractivity contribution in [2.75, 3.05) is 19.6 Å². The van der Waals surface area contributed by atoms with Crippen LogP contribution >= 0.6 is 11.6 Å². The highest BCUT2D eigenvalue weighted by atomic mass is 35.5. The highest BCUT2D eigenvalue weighted by Gasteiger charge is 2.16. The second-order valence-corrected chi connectivity index (χ2v) is 3.81. The molecule has 5 nitrogen and oxygen atoms in total. The standard InChI is InChI=1S/C10H15ClN2O3/c1-7-5-9(16-13-7)10(14)12-8(3-4-11)6-15-2/h5,8H,3-4,6H2,1-2H3,(H,12,14). The third-order valence-corrected chi connectivity index (χ3v) is 2.23. The van der Waals surface area contributed by atoms with Gasteiger partial charge in [-0.05, 0) is 13.3 Å². The fraction of sp³-hybridized carbons (Fsp3) is 0.600. The maximum atomic E-state index is 11.7. The molecule has 1 aromatic heterocycles. The number of aryl methyl sites for hydroxylation is 1. The van der Waals surface area contributed by atoms with Crippen LogP contribution in [0.25, 0.3) is 0 Å². The van der Waals surface area contributed by atoms with Gasteiger partial charge >= 0.3 is 0 Å². The van der Waals surface area contributed by atoms with Crippen LogP contribution in [-0.4, -0.2) is 36.7 Å². The lowest BCUT2D eigenvalue weighted by molar-refractivity contribution is 0.0858. The number of carbonyl (C=O) groups is 1. The normalized spacial score (nSPS) is 12.4. The fourth-order valence-electron chi connectivity index (χ4n) is 1.26. The number of alkyl halides is 1. The summed E-state index contributed by atoms with van der Waals surface area (Å²) in [5.74, 6) is 0.366. The summed E-state index contributed by atoms with van der Waals surface area (Å²) in [5, 5.41) is 6.41. The number of aromatic nitrogens is 1. The van der Waals surface area contributed by atoms with Crippen molar-refractivity contribution in [3.8, 4) is 0 Å². The van der Waals surface area contributed by atoms with Crippen LogP contribution in [0.1, 0.15) is 22.7 Å². The number of halogens is 1. The molecule has 6 heteroatoms. The molecule has 0 saturated carbocycles. The molecule has 1 amide bonds. The smallest absolute Gasteiger partial charge is 0.290 e. The van der Waals surface area contributed by atoms with E-state index in [-0.39, 0.29) is 17.7 Å². The topological polar surface area (TPSA) is 64.4 Å². The molecule has 0 saturated heterocycles. The number of nitrogens with one attached hydrogen (secondary N) is 1. The van der Waals surface area contributed by atoms with Crippen molar-refractivity contribution in [2.24, 2.45) is 0 Å². The van der Waals surface area contributed by atoms with Crippen molar-refractivity contribution in [1.82, 2.24) is 10.5 Å².